The first kappa shape index (κ1) is 62.6. The maximum absolute atomic E-state index is 14.9. The van der Waals surface area contributed by atoms with Gasteiger partial charge in [-0.25, -0.2) is 4.79 Å². The van der Waals surface area contributed by atoms with Crippen molar-refractivity contribution in [1.82, 2.24) is 47.5 Å². The lowest BCUT2D eigenvalue weighted by atomic mass is 10.0. The number of alkyl carbamates (subject to hydrolysis) is 1. The van der Waals surface area contributed by atoms with Crippen molar-refractivity contribution in [2.45, 2.75) is 139 Å². The molecule has 2 heterocycles. The summed E-state index contributed by atoms with van der Waals surface area (Å²) in [4.78, 5) is 116. The molecule has 0 bridgehead atoms. The zero-order valence-corrected chi connectivity index (χ0v) is 46.2. The summed E-state index contributed by atoms with van der Waals surface area (Å²) < 4.78 is 5.32. The Morgan fingerprint density at radius 1 is 0.785 bits per heavy atom. The number of nitrogens with one attached hydrogen (secondary N) is 9. The monoisotopic (exact) mass is 1130 g/mol. The van der Waals surface area contributed by atoms with Crippen LogP contribution in [0.3, 0.4) is 0 Å². The summed E-state index contributed by atoms with van der Waals surface area (Å²) in [6.45, 7) is 7.06. The van der Waals surface area contributed by atoms with E-state index in [9.17, 15) is 58.8 Å². The highest BCUT2D eigenvalue weighted by Gasteiger charge is 2.36. The Labute approximate surface area is 465 Å². The minimum Gasteiger partial charge on any atom is -0.508 e. The number of aliphatic hydroxyl groups is 3. The molecule has 4 aromatic rings. The number of carbonyl (C=O) groups is 8. The number of carbonyl (C=O) groups excluding carboxylic acids is 8. The summed E-state index contributed by atoms with van der Waals surface area (Å²) in [6.07, 6.45) is -1.82. The smallest absolute Gasteiger partial charge is 0.407 e. The molecule has 25 heteroatoms. The van der Waals surface area contributed by atoms with Crippen molar-refractivity contribution in [2.75, 3.05) is 18.9 Å². The lowest BCUT2D eigenvalue weighted by Crippen LogP contribution is -2.62. The Hall–Kier alpha value is -7.25. The summed E-state index contributed by atoms with van der Waals surface area (Å²) >= 11 is 0. The lowest BCUT2D eigenvalue weighted by Gasteiger charge is -2.29. The van der Waals surface area contributed by atoms with E-state index in [0.717, 1.165) is 26.6 Å². The molecular weight excluding hydrogens is 1060 g/mol. The van der Waals surface area contributed by atoms with E-state index in [2.05, 4.69) is 52.7 Å². The van der Waals surface area contributed by atoms with Crippen LogP contribution in [0.15, 0.2) is 85.1 Å². The molecule has 1 aliphatic heterocycles. The van der Waals surface area contributed by atoms with Crippen molar-refractivity contribution in [3.05, 3.63) is 102 Å². The molecule has 0 saturated carbocycles. The molecule has 1 aromatic heterocycles. The minimum atomic E-state index is -1.76. The van der Waals surface area contributed by atoms with Crippen molar-refractivity contribution in [2.24, 2.45) is 5.73 Å². The number of ether oxygens (including phenoxy) is 1. The summed E-state index contributed by atoms with van der Waals surface area (Å²) in [7, 11) is 1.62. The maximum atomic E-state index is 14.9. The highest BCUT2D eigenvalue weighted by molar-refractivity contribution is 8.72. The molecule has 0 saturated heterocycles. The molecule has 5 rings (SSSR count). The van der Waals surface area contributed by atoms with Crippen LogP contribution >= 0.6 is 21.0 Å². The number of phenols is 1. The molecule has 3 aromatic carbocycles. The predicted molar refractivity (Wildman–Crippen MR) is 298 cm³/mol. The minimum absolute atomic E-state index is 0.0759. The molecule has 79 heavy (non-hydrogen) atoms. The van der Waals surface area contributed by atoms with Crippen molar-refractivity contribution < 1.29 is 63.5 Å². The van der Waals surface area contributed by atoms with Gasteiger partial charge in [0.2, 0.25) is 35.4 Å². The van der Waals surface area contributed by atoms with Crippen molar-refractivity contribution in [3.63, 3.8) is 0 Å². The van der Waals surface area contributed by atoms with Crippen LogP contribution in [0.4, 0.5) is 4.79 Å². The number of fused-ring (bicyclic) bond motifs is 1. The first-order valence-corrected chi connectivity index (χ1v) is 28.1. The molecule has 15 N–H and O–H groups in total. The Kier molecular flexibility index (Phi) is 23.9. The van der Waals surface area contributed by atoms with Crippen LogP contribution in [-0.4, -0.2) is 158 Å². The van der Waals surface area contributed by atoms with Gasteiger partial charge >= 0.3 is 6.09 Å². The third-order valence-electron chi connectivity index (χ3n) is 12.4. The van der Waals surface area contributed by atoms with Gasteiger partial charge in [0.15, 0.2) is 6.04 Å². The third kappa shape index (κ3) is 20.2. The molecule has 0 radical (unpaired) electrons. The van der Waals surface area contributed by atoms with E-state index in [1.54, 1.807) is 75.5 Å². The second-order valence-electron chi connectivity index (χ2n) is 20.1. The largest absolute Gasteiger partial charge is 0.508 e. The summed E-state index contributed by atoms with van der Waals surface area (Å²) in [5.41, 5.74) is 8.06. The lowest BCUT2D eigenvalue weighted by molar-refractivity contribution is -0.136. The van der Waals surface area contributed by atoms with Gasteiger partial charge in [-0.05, 0) is 100 Å². The van der Waals surface area contributed by atoms with Gasteiger partial charge in [0.25, 0.3) is 5.91 Å². The van der Waals surface area contributed by atoms with Gasteiger partial charge in [-0.2, -0.15) is 0 Å². The number of para-hydroxylation sites is 1. The van der Waals surface area contributed by atoms with Gasteiger partial charge in [-0.3, -0.25) is 33.6 Å². The van der Waals surface area contributed by atoms with Crippen molar-refractivity contribution in [1.29, 1.82) is 0 Å². The molecule has 0 aliphatic carbocycles. The molecular formula is C54H72N10O13S2. The summed E-state index contributed by atoms with van der Waals surface area (Å²) in [6, 6.07) is 10.2. The second-order valence-corrected chi connectivity index (χ2v) is 22.3. The number of H-pyrrole nitrogens is 1. The number of aromatic nitrogens is 1. The van der Waals surface area contributed by atoms with Gasteiger partial charge in [0.05, 0.1) is 30.9 Å². The molecule has 0 spiro atoms. The van der Waals surface area contributed by atoms with E-state index in [-0.39, 0.29) is 56.6 Å². The van der Waals surface area contributed by atoms with Gasteiger partial charge < -0.3 is 78.4 Å². The van der Waals surface area contributed by atoms with Crippen LogP contribution in [0.5, 0.6) is 5.75 Å². The normalized spacial score (nSPS) is 21.5. The molecule has 1 aliphatic rings. The third-order valence-corrected chi connectivity index (χ3v) is 14.4. The van der Waals surface area contributed by atoms with E-state index in [1.165, 1.54) is 38.1 Å². The zero-order chi connectivity index (χ0) is 57.8. The van der Waals surface area contributed by atoms with E-state index >= 15 is 0 Å². The average Bonchev–Trinajstić information content (AvgIpc) is 3.87. The number of aliphatic hydroxyl groups excluding tert-OH is 3. The number of aromatic hydroxyl groups is 1. The number of hydrogen-bond acceptors (Lipinski definition) is 15. The highest BCUT2D eigenvalue weighted by Crippen LogP contribution is 2.21. The van der Waals surface area contributed by atoms with Crippen molar-refractivity contribution >= 4 is 79.3 Å². The van der Waals surface area contributed by atoms with Crippen LogP contribution in [-0.2, 0) is 57.6 Å². The fourth-order valence-electron chi connectivity index (χ4n) is 8.10. The number of benzene rings is 3. The molecule has 10 atom stereocenters. The highest BCUT2D eigenvalue weighted by atomic mass is 33.1. The van der Waals surface area contributed by atoms with E-state index in [4.69, 9.17) is 10.5 Å². The van der Waals surface area contributed by atoms with Crippen LogP contribution < -0.4 is 48.3 Å². The molecule has 0 unspecified atom stereocenters. The number of unbranched alkanes of at least 4 members (excludes halogenated alkanes) is 1. The predicted octanol–water partition coefficient (Wildman–Crippen LogP) is 0.425. The Bertz CT molecular complexity index is 2800. The van der Waals surface area contributed by atoms with E-state index in [0.29, 0.717) is 22.0 Å². The molecule has 23 nitrogen and oxygen atoms in total. The standard InChI is InChI=1S/C54H72N10O13S2/c1-30(66)42(27-65)61-51(74)44-29-79-78-28-43(62-46(69)37(55)23-32-13-7-6-8-14-32)50(73)59-40(24-33-18-20-35(68)21-19-33)48(71)60-41(25-34-26-57-38-16-10-9-15-36(34)38)49(72)58-39(47(70)64-45(31(2)67)52(75)63-44)17-11-12-22-56-53(76)77-54(3,4)5/h6-10,13-16,18-21,26,30-31,37,39-45,57,65-68H,11-12,17,22-25,27,29,55H2,1-5H3,(H,56,76)(H,58,72)(H,59,73)(H,60,71)(H,61,74)(H,62,69)(H,63,75)(H,64,70)/t30-,31-,37-,39+,40+,41-,42-,43+,44+,45+/m1/s1. The van der Waals surface area contributed by atoms with E-state index in [1.807, 2.05) is 6.07 Å². The number of aromatic amines is 1. The maximum Gasteiger partial charge on any atom is 0.407 e. The first-order chi connectivity index (χ1) is 37.5. The summed E-state index contributed by atoms with van der Waals surface area (Å²) in [5, 5.41) is 65.8. The topological polar surface area (TPSA) is 365 Å². The van der Waals surface area contributed by atoms with Crippen LogP contribution in [0.2, 0.25) is 0 Å². The quantitative estimate of drug-likeness (QED) is 0.0475. The van der Waals surface area contributed by atoms with Gasteiger partial charge in [-0.15, -0.1) is 0 Å². The second kappa shape index (κ2) is 30.2. The molecule has 8 amide bonds. The fourth-order valence-corrected chi connectivity index (χ4v) is 9.98. The Balaban J connectivity index is 1.59. The zero-order valence-electron chi connectivity index (χ0n) is 44.6. The van der Waals surface area contributed by atoms with Crippen LogP contribution in [0.25, 0.3) is 10.9 Å². The van der Waals surface area contributed by atoms with Crippen molar-refractivity contribution in [3.8, 4) is 10.9 Å². The van der Waals surface area contributed by atoms with E-state index < -0.39 is 120 Å². The fraction of sp³-hybridized carbons (Fsp3) is 0.463. The van der Waals surface area contributed by atoms with Crippen LogP contribution in [0.1, 0.15) is 70.6 Å². The SMILES string of the molecule is C[C@@H](O)[C@@H]1NC(=O)[C@H](CCCCNC(=O)OC(C)(C)C)NC(=O)[C@@H](Cc2c[nH]c3ccccc23)NC(=O)[C@H](Cc2ccc(O)cc2)NC(=O)[C@@H](NC(=O)[C@H](N)Cc2ccccc2)C#SSC[C@@H](C(=O)N[C@H](CO)[C@@H](C)O)NC1=O. The Morgan fingerprint density at radius 3 is 2.08 bits per heavy atom. The van der Waals surface area contributed by atoms with Crippen LogP contribution in [0, 0.1) is 5.18 Å². The first-order valence-electron chi connectivity index (χ1n) is 25.7. The average molecular weight is 1130 g/mol. The number of amides is 8. The number of hydrogen-bond donors (Lipinski definition) is 14. The molecule has 428 valence electrons. The number of phenolic OH excluding ortho intramolecular Hbond substituents is 1. The molecule has 0 fully saturated rings. The number of nitrogens with two attached hydrogens (primary N) is 1. The van der Waals surface area contributed by atoms with Gasteiger partial charge in [-0.1, -0.05) is 81.7 Å². The number of rotatable bonds is 18. The van der Waals surface area contributed by atoms with Gasteiger partial charge in [0.1, 0.15) is 41.6 Å². The summed E-state index contributed by atoms with van der Waals surface area (Å²) in [5.74, 6) is -6.78. The van der Waals surface area contributed by atoms with Gasteiger partial charge in [0, 0.05) is 42.2 Å². The Morgan fingerprint density at radius 2 is 1.42 bits per heavy atom.